The van der Waals surface area contributed by atoms with Gasteiger partial charge < -0.3 is 4.98 Å². The maximum absolute atomic E-state index is 6.16. The van der Waals surface area contributed by atoms with Gasteiger partial charge in [-0.1, -0.05) is 41.9 Å². The molecule has 1 aliphatic heterocycles. The predicted molar refractivity (Wildman–Crippen MR) is 96.8 cm³/mol. The smallest absolute Gasteiger partial charge is 0.0457 e. The van der Waals surface area contributed by atoms with Gasteiger partial charge in [-0.25, -0.2) is 0 Å². The van der Waals surface area contributed by atoms with Crippen molar-refractivity contribution >= 4 is 22.5 Å². The number of halogens is 1. The van der Waals surface area contributed by atoms with Gasteiger partial charge in [-0.05, 0) is 54.6 Å². The first-order chi connectivity index (χ1) is 11.3. The number of hydrogen-bond donors (Lipinski definition) is 1. The number of aromatic nitrogens is 1. The minimum Gasteiger partial charge on any atom is -0.361 e. The molecule has 118 valence electrons. The van der Waals surface area contributed by atoms with E-state index in [9.17, 15) is 0 Å². The molecule has 1 unspecified atom stereocenters. The number of nitrogens with one attached hydrogen (secondary N) is 1. The molecule has 0 saturated carbocycles. The Hall–Kier alpha value is -1.77. The Bertz CT molecular complexity index is 794. The van der Waals surface area contributed by atoms with Crippen LogP contribution in [0.15, 0.2) is 54.7 Å². The second kappa shape index (κ2) is 6.38. The van der Waals surface area contributed by atoms with Gasteiger partial charge in [0.2, 0.25) is 0 Å². The van der Waals surface area contributed by atoms with Crippen LogP contribution < -0.4 is 0 Å². The molecule has 1 aliphatic rings. The molecule has 1 aromatic heterocycles. The van der Waals surface area contributed by atoms with Gasteiger partial charge in [0.15, 0.2) is 0 Å². The number of aromatic amines is 1. The van der Waals surface area contributed by atoms with Crippen molar-refractivity contribution in [2.24, 2.45) is 5.92 Å². The first kappa shape index (κ1) is 14.8. The van der Waals surface area contributed by atoms with Crippen molar-refractivity contribution in [1.29, 1.82) is 0 Å². The minimum atomic E-state index is 0.733. The molecule has 0 bridgehead atoms. The van der Waals surface area contributed by atoms with E-state index >= 15 is 0 Å². The number of H-pyrrole nitrogens is 1. The molecule has 0 radical (unpaired) electrons. The van der Waals surface area contributed by atoms with Crippen LogP contribution in [-0.4, -0.2) is 23.0 Å². The topological polar surface area (TPSA) is 19.0 Å². The van der Waals surface area contributed by atoms with Crippen LogP contribution in [0, 0.1) is 5.92 Å². The molecule has 2 aromatic carbocycles. The lowest BCUT2D eigenvalue weighted by Crippen LogP contribution is -2.20. The summed E-state index contributed by atoms with van der Waals surface area (Å²) in [5.74, 6) is 0.733. The van der Waals surface area contributed by atoms with Gasteiger partial charge in [-0.15, -0.1) is 0 Å². The predicted octanol–water partition coefficient (Wildman–Crippen LogP) is 4.89. The first-order valence-electron chi connectivity index (χ1n) is 8.30. The normalized spacial score (nSPS) is 18.7. The molecule has 23 heavy (non-hydrogen) atoms. The highest BCUT2D eigenvalue weighted by atomic mass is 35.5. The van der Waals surface area contributed by atoms with Gasteiger partial charge in [-0.3, -0.25) is 4.90 Å². The molecule has 4 rings (SSSR count). The fourth-order valence-electron chi connectivity index (χ4n) is 3.70. The van der Waals surface area contributed by atoms with Crippen LogP contribution in [-0.2, 0) is 13.0 Å². The zero-order valence-electron chi connectivity index (χ0n) is 13.1. The number of rotatable bonds is 4. The SMILES string of the molecule is Clc1ccc2[nH]cc(CC3CCN(Cc4ccccc4)C3)c2c1. The molecule has 0 spiro atoms. The summed E-state index contributed by atoms with van der Waals surface area (Å²) in [6, 6.07) is 16.9. The van der Waals surface area contributed by atoms with Crippen molar-refractivity contribution in [3.8, 4) is 0 Å². The van der Waals surface area contributed by atoms with Crippen molar-refractivity contribution in [2.75, 3.05) is 13.1 Å². The Morgan fingerprint density at radius 3 is 2.87 bits per heavy atom. The number of fused-ring (bicyclic) bond motifs is 1. The average Bonchev–Trinajstić information content (AvgIpc) is 3.16. The van der Waals surface area contributed by atoms with E-state index in [1.807, 2.05) is 6.07 Å². The van der Waals surface area contributed by atoms with Crippen LogP contribution in [0.5, 0.6) is 0 Å². The Morgan fingerprint density at radius 1 is 1.13 bits per heavy atom. The number of hydrogen-bond acceptors (Lipinski definition) is 1. The van der Waals surface area contributed by atoms with Crippen LogP contribution in [0.25, 0.3) is 10.9 Å². The minimum absolute atomic E-state index is 0.733. The van der Waals surface area contributed by atoms with Crippen LogP contribution in [0.2, 0.25) is 5.02 Å². The van der Waals surface area contributed by atoms with Crippen molar-refractivity contribution in [3.05, 3.63) is 70.9 Å². The lowest BCUT2D eigenvalue weighted by Gasteiger charge is -2.16. The summed E-state index contributed by atoms with van der Waals surface area (Å²) < 4.78 is 0. The van der Waals surface area contributed by atoms with E-state index in [0.717, 1.165) is 23.9 Å². The maximum Gasteiger partial charge on any atom is 0.0457 e. The van der Waals surface area contributed by atoms with Gasteiger partial charge in [0, 0.05) is 35.2 Å². The van der Waals surface area contributed by atoms with E-state index in [-0.39, 0.29) is 0 Å². The second-order valence-corrected chi connectivity index (χ2v) is 7.02. The molecule has 1 saturated heterocycles. The fraction of sp³-hybridized carbons (Fsp3) is 0.300. The maximum atomic E-state index is 6.16. The van der Waals surface area contributed by atoms with E-state index in [4.69, 9.17) is 11.6 Å². The highest BCUT2D eigenvalue weighted by Crippen LogP contribution is 2.28. The van der Waals surface area contributed by atoms with Crippen LogP contribution in [0.4, 0.5) is 0 Å². The van der Waals surface area contributed by atoms with Gasteiger partial charge in [-0.2, -0.15) is 0 Å². The molecule has 2 heterocycles. The highest BCUT2D eigenvalue weighted by Gasteiger charge is 2.23. The third-order valence-electron chi connectivity index (χ3n) is 4.86. The summed E-state index contributed by atoms with van der Waals surface area (Å²) >= 11 is 6.16. The standard InChI is InChI=1S/C20H21ClN2/c21-18-6-7-20-19(11-18)17(12-22-20)10-16-8-9-23(14-16)13-15-4-2-1-3-5-15/h1-7,11-12,16,22H,8-10,13-14H2. The first-order valence-corrected chi connectivity index (χ1v) is 8.67. The molecule has 0 aliphatic carbocycles. The molecular weight excluding hydrogens is 304 g/mol. The number of benzene rings is 2. The Kier molecular flexibility index (Phi) is 4.11. The quantitative estimate of drug-likeness (QED) is 0.724. The van der Waals surface area contributed by atoms with E-state index in [0.29, 0.717) is 0 Å². The van der Waals surface area contributed by atoms with E-state index in [1.54, 1.807) is 0 Å². The van der Waals surface area contributed by atoms with Gasteiger partial charge in [0.1, 0.15) is 0 Å². The Balaban J connectivity index is 1.43. The molecule has 3 heteroatoms. The number of likely N-dealkylation sites (tertiary alicyclic amines) is 1. The summed E-state index contributed by atoms with van der Waals surface area (Å²) in [4.78, 5) is 5.94. The van der Waals surface area contributed by atoms with Crippen molar-refractivity contribution < 1.29 is 0 Å². The lowest BCUT2D eigenvalue weighted by molar-refractivity contribution is 0.316. The van der Waals surface area contributed by atoms with Gasteiger partial charge in [0.25, 0.3) is 0 Å². The zero-order chi connectivity index (χ0) is 15.6. The molecule has 2 nitrogen and oxygen atoms in total. The van der Waals surface area contributed by atoms with Crippen molar-refractivity contribution in [3.63, 3.8) is 0 Å². The van der Waals surface area contributed by atoms with E-state index in [2.05, 4.69) is 58.5 Å². The number of nitrogens with zero attached hydrogens (tertiary/aromatic N) is 1. The molecule has 1 N–H and O–H groups in total. The fourth-order valence-corrected chi connectivity index (χ4v) is 3.87. The Morgan fingerprint density at radius 2 is 2.00 bits per heavy atom. The van der Waals surface area contributed by atoms with Crippen molar-refractivity contribution in [2.45, 2.75) is 19.4 Å². The summed E-state index contributed by atoms with van der Waals surface area (Å²) in [5.41, 5.74) is 3.99. The third-order valence-corrected chi connectivity index (χ3v) is 5.09. The van der Waals surface area contributed by atoms with E-state index in [1.165, 1.54) is 41.5 Å². The molecular formula is C20H21ClN2. The van der Waals surface area contributed by atoms with Crippen molar-refractivity contribution in [1.82, 2.24) is 9.88 Å². The third kappa shape index (κ3) is 3.29. The van der Waals surface area contributed by atoms with Crippen LogP contribution in [0.1, 0.15) is 17.5 Å². The summed E-state index contributed by atoms with van der Waals surface area (Å²) in [6.07, 6.45) is 4.56. The van der Waals surface area contributed by atoms with E-state index < -0.39 is 0 Å². The lowest BCUT2D eigenvalue weighted by atomic mass is 9.98. The Labute approximate surface area is 142 Å². The average molecular weight is 325 g/mol. The largest absolute Gasteiger partial charge is 0.361 e. The molecule has 0 amide bonds. The summed E-state index contributed by atoms with van der Waals surface area (Å²) in [5, 5.41) is 2.09. The molecule has 1 atom stereocenters. The molecule has 1 fully saturated rings. The second-order valence-electron chi connectivity index (χ2n) is 6.58. The van der Waals surface area contributed by atoms with Gasteiger partial charge >= 0.3 is 0 Å². The van der Waals surface area contributed by atoms with Gasteiger partial charge in [0.05, 0.1) is 0 Å². The highest BCUT2D eigenvalue weighted by molar-refractivity contribution is 6.31. The molecule has 3 aromatic rings. The van der Waals surface area contributed by atoms with Crippen LogP contribution in [0.3, 0.4) is 0 Å². The zero-order valence-corrected chi connectivity index (χ0v) is 13.9. The van der Waals surface area contributed by atoms with Crippen LogP contribution >= 0.6 is 11.6 Å². The summed E-state index contributed by atoms with van der Waals surface area (Å²) in [6.45, 7) is 3.45. The summed E-state index contributed by atoms with van der Waals surface area (Å²) in [7, 11) is 0. The monoisotopic (exact) mass is 324 g/mol.